The predicted octanol–water partition coefficient (Wildman–Crippen LogP) is -7.04. The van der Waals surface area contributed by atoms with Gasteiger partial charge in [0, 0.05) is 17.4 Å². The SMILES string of the molecule is O=C1O[C@H]([C@@H](O)CO)C(O)=C1O.O=C1O[C@H]([C@@H](O)CO)C(O)=C1O.O=C1O[C@H]([C@@H](O)CO)C(O)=C1O.O=C1O[C@H]([C@@H](O)CO)C(O)=C1O.O=C1O[C@H]([C@@H](O)CO)C(O)=C1O.[Cr]. The molecule has 5 heterocycles. The summed E-state index contributed by atoms with van der Waals surface area (Å²) in [5.74, 6) is -13.9. The molecular formula is C30H40CrO30. The third-order valence-electron chi connectivity index (χ3n) is 7.38. The summed E-state index contributed by atoms with van der Waals surface area (Å²) in [6.07, 6.45) is -13.9. The van der Waals surface area contributed by atoms with E-state index in [1.54, 1.807) is 0 Å². The summed E-state index contributed by atoms with van der Waals surface area (Å²) >= 11 is 0. The van der Waals surface area contributed by atoms with E-state index < -0.39 is 182 Å². The van der Waals surface area contributed by atoms with Crippen LogP contribution in [0, 0.1) is 0 Å². The summed E-state index contributed by atoms with van der Waals surface area (Å²) in [5.41, 5.74) is 0. The summed E-state index contributed by atoms with van der Waals surface area (Å²) in [5, 5.41) is 175. The number of carbonyl (C=O) groups is 5. The van der Waals surface area contributed by atoms with Crippen molar-refractivity contribution in [1.29, 1.82) is 0 Å². The first-order valence-electron chi connectivity index (χ1n) is 16.0. The number of rotatable bonds is 10. The van der Waals surface area contributed by atoms with E-state index in [4.69, 9.17) is 102 Å². The van der Waals surface area contributed by atoms with Gasteiger partial charge in [0.25, 0.3) is 0 Å². The summed E-state index contributed by atoms with van der Waals surface area (Å²) in [6.45, 7) is -3.36. The van der Waals surface area contributed by atoms with Gasteiger partial charge in [-0.1, -0.05) is 0 Å². The molecule has 0 aromatic rings. The van der Waals surface area contributed by atoms with E-state index in [9.17, 15) is 24.0 Å². The number of hydrogen-bond acceptors (Lipinski definition) is 30. The molecule has 5 aliphatic heterocycles. The smallest absolute Gasteiger partial charge is 0.377 e. The Hall–Kier alpha value is -5.82. The molecule has 10 atom stereocenters. The van der Waals surface area contributed by atoms with Crippen LogP contribution in [0.1, 0.15) is 0 Å². The Morgan fingerprint density at radius 2 is 0.426 bits per heavy atom. The Bertz CT molecular complexity index is 1460. The Labute approximate surface area is 348 Å². The van der Waals surface area contributed by atoms with Gasteiger partial charge in [-0.3, -0.25) is 0 Å². The van der Waals surface area contributed by atoms with Crippen molar-refractivity contribution in [2.75, 3.05) is 33.0 Å². The Balaban J connectivity index is 0.000000735. The molecule has 20 N–H and O–H groups in total. The minimum absolute atomic E-state index is 0. The van der Waals surface area contributed by atoms with Crippen molar-refractivity contribution in [1.82, 2.24) is 0 Å². The number of ether oxygens (including phenoxy) is 5. The maximum absolute atomic E-state index is 10.5. The first-order chi connectivity index (χ1) is 27.9. The van der Waals surface area contributed by atoms with E-state index in [0.29, 0.717) is 0 Å². The molecule has 0 aliphatic carbocycles. The molecule has 346 valence electrons. The van der Waals surface area contributed by atoms with Crippen molar-refractivity contribution in [2.45, 2.75) is 61.0 Å². The van der Waals surface area contributed by atoms with Crippen LogP contribution in [0.25, 0.3) is 0 Å². The zero-order valence-electron chi connectivity index (χ0n) is 30.2. The van der Waals surface area contributed by atoms with Gasteiger partial charge in [-0.25, -0.2) is 24.0 Å². The van der Waals surface area contributed by atoms with E-state index in [1.807, 2.05) is 0 Å². The number of esters is 5. The molecule has 0 bridgehead atoms. The third-order valence-corrected chi connectivity index (χ3v) is 7.38. The second kappa shape index (κ2) is 24.4. The molecule has 5 rings (SSSR count). The van der Waals surface area contributed by atoms with Gasteiger partial charge in [0.1, 0.15) is 30.5 Å². The second-order valence-corrected chi connectivity index (χ2v) is 11.5. The molecule has 0 amide bonds. The minimum Gasteiger partial charge on any atom is -0.505 e. The summed E-state index contributed by atoms with van der Waals surface area (Å²) in [6, 6.07) is 0. The first kappa shape index (κ1) is 55.2. The molecule has 30 nitrogen and oxygen atoms in total. The maximum atomic E-state index is 10.5. The quantitative estimate of drug-likeness (QED) is 0.0715. The van der Waals surface area contributed by atoms with Crippen LogP contribution < -0.4 is 0 Å². The monoisotopic (exact) mass is 932 g/mol. The van der Waals surface area contributed by atoms with Crippen LogP contribution in [0.3, 0.4) is 0 Å². The molecule has 31 heteroatoms. The van der Waals surface area contributed by atoms with Gasteiger partial charge in [0.2, 0.25) is 28.8 Å². The number of carbonyl (C=O) groups excluding carboxylic acids is 5. The predicted molar refractivity (Wildman–Crippen MR) is 176 cm³/mol. The van der Waals surface area contributed by atoms with Crippen molar-refractivity contribution in [3.05, 3.63) is 57.6 Å². The Morgan fingerprint density at radius 3 is 0.492 bits per heavy atom. The van der Waals surface area contributed by atoms with Crippen LogP contribution in [0.4, 0.5) is 0 Å². The zero-order valence-corrected chi connectivity index (χ0v) is 31.5. The minimum atomic E-state index is -1.42. The number of hydrogen-bond donors (Lipinski definition) is 20. The first-order valence-corrected chi connectivity index (χ1v) is 16.0. The van der Waals surface area contributed by atoms with Gasteiger partial charge in [-0.2, -0.15) is 0 Å². The van der Waals surface area contributed by atoms with Gasteiger partial charge in [-0.05, 0) is 0 Å². The Morgan fingerprint density at radius 1 is 0.311 bits per heavy atom. The third kappa shape index (κ3) is 13.6. The van der Waals surface area contributed by atoms with Crippen LogP contribution in [-0.2, 0) is 65.0 Å². The van der Waals surface area contributed by atoms with E-state index in [-0.39, 0.29) is 17.4 Å². The van der Waals surface area contributed by atoms with Gasteiger partial charge >= 0.3 is 29.8 Å². The number of aliphatic hydroxyl groups excluding tert-OH is 20. The zero-order chi connectivity index (χ0) is 46.5. The van der Waals surface area contributed by atoms with Crippen molar-refractivity contribution < 1.29 is 167 Å². The van der Waals surface area contributed by atoms with Crippen LogP contribution in [0.5, 0.6) is 0 Å². The molecule has 0 radical (unpaired) electrons. The summed E-state index contributed by atoms with van der Waals surface area (Å²) in [7, 11) is 0. The van der Waals surface area contributed by atoms with Crippen molar-refractivity contribution >= 4 is 29.8 Å². The van der Waals surface area contributed by atoms with E-state index in [2.05, 4.69) is 23.7 Å². The van der Waals surface area contributed by atoms with Crippen LogP contribution >= 0.6 is 0 Å². The average molecular weight is 933 g/mol. The molecule has 61 heavy (non-hydrogen) atoms. The molecule has 0 aromatic carbocycles. The molecule has 0 aromatic heterocycles. The van der Waals surface area contributed by atoms with Crippen molar-refractivity contribution in [2.24, 2.45) is 0 Å². The topological polar surface area (TPSA) is 536 Å². The molecule has 0 unspecified atom stereocenters. The van der Waals surface area contributed by atoms with Crippen LogP contribution in [0.15, 0.2) is 57.6 Å². The fraction of sp³-hybridized carbons (Fsp3) is 0.500. The van der Waals surface area contributed by atoms with Crippen LogP contribution in [-0.4, -0.2) is 226 Å². The Kier molecular flexibility index (Phi) is 22.1. The van der Waals surface area contributed by atoms with Gasteiger partial charge in [-0.15, -0.1) is 0 Å². The van der Waals surface area contributed by atoms with E-state index in [1.165, 1.54) is 0 Å². The fourth-order valence-electron chi connectivity index (χ4n) is 4.11. The molecule has 5 aliphatic rings. The molecule has 0 fully saturated rings. The van der Waals surface area contributed by atoms with Gasteiger partial charge in [0.15, 0.2) is 59.3 Å². The fourth-order valence-corrected chi connectivity index (χ4v) is 4.11. The van der Waals surface area contributed by atoms with Gasteiger partial charge < -0.3 is 126 Å². The maximum Gasteiger partial charge on any atom is 0.377 e. The molecule has 0 saturated heterocycles. The van der Waals surface area contributed by atoms with Crippen LogP contribution in [0.2, 0.25) is 0 Å². The van der Waals surface area contributed by atoms with Gasteiger partial charge in [0.05, 0.1) is 33.0 Å². The standard InChI is InChI=1S/5C6H8O6.Cr/c5*7-1-2(8)5-3(9)4(10)6(11)12-5;/h5*2,5,7-10H,1H2;/t5*2-,5+;/m00000./s1. The largest absolute Gasteiger partial charge is 0.505 e. The molecule has 0 saturated carbocycles. The summed E-state index contributed by atoms with van der Waals surface area (Å²) < 4.78 is 21.6. The molecular weight excluding hydrogens is 892 g/mol. The van der Waals surface area contributed by atoms with Crippen molar-refractivity contribution in [3.8, 4) is 0 Å². The molecule has 0 spiro atoms. The van der Waals surface area contributed by atoms with Crippen molar-refractivity contribution in [3.63, 3.8) is 0 Å². The number of cyclic esters (lactones) is 5. The number of aliphatic hydroxyl groups is 20. The van der Waals surface area contributed by atoms with E-state index in [0.717, 1.165) is 0 Å². The summed E-state index contributed by atoms with van der Waals surface area (Å²) in [4.78, 5) is 52.7. The second-order valence-electron chi connectivity index (χ2n) is 11.5. The average Bonchev–Trinajstić information content (AvgIpc) is 3.93. The normalized spacial score (nSPS) is 25.4. The van der Waals surface area contributed by atoms with E-state index >= 15 is 0 Å².